The summed E-state index contributed by atoms with van der Waals surface area (Å²) < 4.78 is 0. The van der Waals surface area contributed by atoms with Crippen LogP contribution in [0, 0.1) is 0 Å². The first kappa shape index (κ1) is 14.7. The zero-order chi connectivity index (χ0) is 14.4. The van der Waals surface area contributed by atoms with Crippen molar-refractivity contribution in [2.45, 2.75) is 19.9 Å². The summed E-state index contributed by atoms with van der Waals surface area (Å²) in [5, 5.41) is 4.08. The molecule has 0 aliphatic carbocycles. The van der Waals surface area contributed by atoms with E-state index in [0.29, 0.717) is 0 Å². The van der Waals surface area contributed by atoms with E-state index in [0.717, 1.165) is 36.0 Å². The fourth-order valence-electron chi connectivity index (χ4n) is 2.01. The molecule has 4 heteroatoms. The first-order valence-corrected chi connectivity index (χ1v) is 7.22. The number of pyridine rings is 1. The van der Waals surface area contributed by atoms with Crippen LogP contribution in [-0.2, 0) is 6.54 Å². The van der Waals surface area contributed by atoms with Crippen molar-refractivity contribution in [2.24, 2.45) is 0 Å². The average molecular weight is 290 g/mol. The van der Waals surface area contributed by atoms with Crippen LogP contribution in [0.2, 0.25) is 5.02 Å². The molecule has 0 atom stereocenters. The molecule has 2 aromatic rings. The van der Waals surface area contributed by atoms with Gasteiger partial charge >= 0.3 is 0 Å². The summed E-state index contributed by atoms with van der Waals surface area (Å²) in [6.45, 7) is 3.90. The summed E-state index contributed by atoms with van der Waals surface area (Å²) in [7, 11) is 2.07. The predicted molar refractivity (Wildman–Crippen MR) is 86.6 cm³/mol. The maximum atomic E-state index is 6.02. The molecule has 1 aromatic heterocycles. The lowest BCUT2D eigenvalue weighted by Crippen LogP contribution is -2.16. The van der Waals surface area contributed by atoms with Crippen molar-refractivity contribution in [1.82, 2.24) is 4.98 Å². The second-order valence-electron chi connectivity index (χ2n) is 4.81. The summed E-state index contributed by atoms with van der Waals surface area (Å²) in [6, 6.07) is 12.0. The van der Waals surface area contributed by atoms with Gasteiger partial charge in [-0.15, -0.1) is 0 Å². The lowest BCUT2D eigenvalue weighted by Gasteiger charge is -2.20. The molecule has 0 fully saturated rings. The van der Waals surface area contributed by atoms with Crippen molar-refractivity contribution >= 4 is 23.1 Å². The quantitative estimate of drug-likeness (QED) is 0.864. The third kappa shape index (κ3) is 4.14. The smallest absolute Gasteiger partial charge is 0.127 e. The van der Waals surface area contributed by atoms with Crippen LogP contribution < -0.4 is 10.2 Å². The summed E-state index contributed by atoms with van der Waals surface area (Å²) >= 11 is 6.02. The second kappa shape index (κ2) is 7.15. The van der Waals surface area contributed by atoms with Gasteiger partial charge in [-0.3, -0.25) is 0 Å². The van der Waals surface area contributed by atoms with Crippen molar-refractivity contribution in [2.75, 3.05) is 23.8 Å². The number of halogens is 1. The van der Waals surface area contributed by atoms with E-state index >= 15 is 0 Å². The molecule has 0 saturated carbocycles. The Balaban J connectivity index is 2.06. The standard InChI is InChI=1S/C16H20ClN3/c1-3-8-18-16-11-15(7-9-19-16)20(2)12-13-5-4-6-14(17)10-13/h4-7,9-11H,3,8,12H2,1-2H3,(H,18,19). The van der Waals surface area contributed by atoms with Gasteiger partial charge in [-0.05, 0) is 30.2 Å². The van der Waals surface area contributed by atoms with Crippen LogP contribution in [0.3, 0.4) is 0 Å². The van der Waals surface area contributed by atoms with Gasteiger partial charge in [0.2, 0.25) is 0 Å². The highest BCUT2D eigenvalue weighted by Gasteiger charge is 2.04. The van der Waals surface area contributed by atoms with Crippen molar-refractivity contribution in [1.29, 1.82) is 0 Å². The monoisotopic (exact) mass is 289 g/mol. The molecule has 0 saturated heterocycles. The molecule has 0 aliphatic rings. The fraction of sp³-hybridized carbons (Fsp3) is 0.312. The minimum Gasteiger partial charge on any atom is -0.370 e. The molecule has 1 N–H and O–H groups in total. The van der Waals surface area contributed by atoms with Gasteiger partial charge in [-0.25, -0.2) is 4.98 Å². The molecular weight excluding hydrogens is 270 g/mol. The summed E-state index contributed by atoms with van der Waals surface area (Å²) in [6.07, 6.45) is 2.92. The molecule has 106 valence electrons. The molecule has 2 rings (SSSR count). The summed E-state index contributed by atoms with van der Waals surface area (Å²) in [5.41, 5.74) is 2.33. The third-order valence-electron chi connectivity index (χ3n) is 3.05. The van der Waals surface area contributed by atoms with Crippen LogP contribution >= 0.6 is 11.6 Å². The number of hydrogen-bond donors (Lipinski definition) is 1. The third-order valence-corrected chi connectivity index (χ3v) is 3.28. The number of hydrogen-bond acceptors (Lipinski definition) is 3. The Bertz CT molecular complexity index is 557. The highest BCUT2D eigenvalue weighted by molar-refractivity contribution is 6.30. The number of nitrogens with one attached hydrogen (secondary N) is 1. The Labute approximate surface area is 125 Å². The zero-order valence-electron chi connectivity index (χ0n) is 11.9. The molecule has 0 spiro atoms. The van der Waals surface area contributed by atoms with Gasteiger partial charge in [0, 0.05) is 43.1 Å². The number of rotatable bonds is 6. The van der Waals surface area contributed by atoms with Gasteiger partial charge in [-0.2, -0.15) is 0 Å². The topological polar surface area (TPSA) is 28.2 Å². The fourth-order valence-corrected chi connectivity index (χ4v) is 2.22. The highest BCUT2D eigenvalue weighted by atomic mass is 35.5. The Kier molecular flexibility index (Phi) is 5.24. The van der Waals surface area contributed by atoms with E-state index in [-0.39, 0.29) is 0 Å². The second-order valence-corrected chi connectivity index (χ2v) is 5.25. The molecular formula is C16H20ClN3. The van der Waals surface area contributed by atoms with E-state index in [1.807, 2.05) is 30.5 Å². The van der Waals surface area contributed by atoms with E-state index in [1.54, 1.807) is 0 Å². The molecule has 20 heavy (non-hydrogen) atoms. The van der Waals surface area contributed by atoms with Crippen LogP contribution in [0.15, 0.2) is 42.6 Å². The van der Waals surface area contributed by atoms with Crippen molar-refractivity contribution in [3.05, 3.63) is 53.2 Å². The molecule has 0 aliphatic heterocycles. The first-order valence-electron chi connectivity index (χ1n) is 6.84. The Morgan fingerprint density at radius 2 is 2.10 bits per heavy atom. The van der Waals surface area contributed by atoms with E-state index in [4.69, 9.17) is 11.6 Å². The lowest BCUT2D eigenvalue weighted by atomic mass is 10.2. The minimum atomic E-state index is 0.774. The SMILES string of the molecule is CCCNc1cc(N(C)Cc2cccc(Cl)c2)ccn1. The van der Waals surface area contributed by atoms with Gasteiger partial charge in [0.15, 0.2) is 0 Å². The maximum absolute atomic E-state index is 6.02. The molecule has 0 bridgehead atoms. The van der Waals surface area contributed by atoms with Crippen LogP contribution in [-0.4, -0.2) is 18.6 Å². The summed E-state index contributed by atoms with van der Waals surface area (Å²) in [4.78, 5) is 6.51. The summed E-state index contributed by atoms with van der Waals surface area (Å²) in [5.74, 6) is 0.919. The predicted octanol–water partition coefficient (Wildman–Crippen LogP) is 4.19. The Morgan fingerprint density at radius 1 is 1.25 bits per heavy atom. The van der Waals surface area contributed by atoms with Crippen LogP contribution in [0.5, 0.6) is 0 Å². The molecule has 0 radical (unpaired) electrons. The van der Waals surface area contributed by atoms with Gasteiger partial charge in [0.05, 0.1) is 0 Å². The van der Waals surface area contributed by atoms with E-state index in [2.05, 4.69) is 41.3 Å². The highest BCUT2D eigenvalue weighted by Crippen LogP contribution is 2.19. The first-order chi connectivity index (χ1) is 9.69. The number of aromatic nitrogens is 1. The molecule has 3 nitrogen and oxygen atoms in total. The molecule has 1 aromatic carbocycles. The van der Waals surface area contributed by atoms with Crippen molar-refractivity contribution in [3.63, 3.8) is 0 Å². The van der Waals surface area contributed by atoms with Crippen LogP contribution in [0.4, 0.5) is 11.5 Å². The lowest BCUT2D eigenvalue weighted by molar-refractivity contribution is 0.918. The van der Waals surface area contributed by atoms with Gasteiger partial charge in [0.25, 0.3) is 0 Å². The van der Waals surface area contributed by atoms with E-state index < -0.39 is 0 Å². The number of anilines is 2. The molecule has 1 heterocycles. The van der Waals surface area contributed by atoms with Crippen molar-refractivity contribution in [3.8, 4) is 0 Å². The van der Waals surface area contributed by atoms with E-state index in [9.17, 15) is 0 Å². The number of nitrogens with zero attached hydrogens (tertiary/aromatic N) is 2. The van der Waals surface area contributed by atoms with Crippen LogP contribution in [0.25, 0.3) is 0 Å². The maximum Gasteiger partial charge on any atom is 0.127 e. The number of benzene rings is 1. The average Bonchev–Trinajstić information content (AvgIpc) is 2.45. The van der Waals surface area contributed by atoms with Gasteiger partial charge in [-0.1, -0.05) is 30.7 Å². The van der Waals surface area contributed by atoms with Gasteiger partial charge in [0.1, 0.15) is 5.82 Å². The van der Waals surface area contributed by atoms with Crippen molar-refractivity contribution < 1.29 is 0 Å². The van der Waals surface area contributed by atoms with Gasteiger partial charge < -0.3 is 10.2 Å². The Morgan fingerprint density at radius 3 is 2.85 bits per heavy atom. The zero-order valence-corrected chi connectivity index (χ0v) is 12.7. The van der Waals surface area contributed by atoms with Crippen LogP contribution in [0.1, 0.15) is 18.9 Å². The molecule has 0 amide bonds. The largest absolute Gasteiger partial charge is 0.370 e. The normalized spacial score (nSPS) is 10.3. The Hall–Kier alpha value is -1.74. The minimum absolute atomic E-state index is 0.774. The molecule has 0 unspecified atom stereocenters. The van der Waals surface area contributed by atoms with E-state index in [1.165, 1.54) is 5.56 Å².